The fourth-order valence-electron chi connectivity index (χ4n) is 17.1. The van der Waals surface area contributed by atoms with Crippen molar-refractivity contribution in [1.29, 1.82) is 21.0 Å². The molecule has 0 unspecified atom stereocenters. The summed E-state index contributed by atoms with van der Waals surface area (Å²) < 4.78 is 24.6. The second kappa shape index (κ2) is 28.1. The Labute approximate surface area is 668 Å². The number of pyridine rings is 2. The van der Waals surface area contributed by atoms with E-state index in [0.29, 0.717) is 56.4 Å². The van der Waals surface area contributed by atoms with Crippen LogP contribution >= 0.6 is 0 Å². The summed E-state index contributed by atoms with van der Waals surface area (Å²) in [5, 5.41) is 47.0. The van der Waals surface area contributed by atoms with E-state index in [2.05, 4.69) is 196 Å². The maximum Gasteiger partial charge on any atom is 0.227 e. The van der Waals surface area contributed by atoms with E-state index in [1.165, 1.54) is 0 Å². The van der Waals surface area contributed by atoms with Gasteiger partial charge in [0, 0.05) is 107 Å². The number of hydrogen-bond donors (Lipinski definition) is 0. The molecule has 22 nitrogen and oxygen atoms in total. The van der Waals surface area contributed by atoms with Gasteiger partial charge < -0.3 is 56.9 Å². The Kier molecular flexibility index (Phi) is 17.6. The Balaban J connectivity index is 0.000000111. The number of furan rings is 4. The molecule has 0 saturated carbocycles. The summed E-state index contributed by atoms with van der Waals surface area (Å²) >= 11 is 0. The summed E-state index contributed by atoms with van der Waals surface area (Å²) in [6.45, 7) is 46.4. The van der Waals surface area contributed by atoms with Crippen molar-refractivity contribution in [2.75, 3.05) is 67.4 Å². The molecule has 0 saturated heterocycles. The van der Waals surface area contributed by atoms with E-state index >= 15 is 0 Å². The third-order valence-electron chi connectivity index (χ3n) is 23.1. The molecule has 6 aromatic heterocycles. The van der Waals surface area contributed by atoms with Gasteiger partial charge >= 0.3 is 0 Å². The van der Waals surface area contributed by atoms with Crippen LogP contribution in [-0.4, -0.2) is 62.8 Å². The predicted octanol–water partition coefficient (Wildman–Crippen LogP) is 23.8. The van der Waals surface area contributed by atoms with Gasteiger partial charge in [0.25, 0.3) is 0 Å². The van der Waals surface area contributed by atoms with Crippen molar-refractivity contribution in [3.63, 3.8) is 0 Å². The Hall–Kier alpha value is -16.0. The molecule has 10 heterocycles. The molecular weight excluding hydrogens is 1450 g/mol. The number of rotatable bonds is 4. The van der Waals surface area contributed by atoms with Crippen LogP contribution in [0.15, 0.2) is 200 Å². The Bertz CT molecular complexity index is 6840. The largest absolute Gasteiger partial charge is 0.456 e. The van der Waals surface area contributed by atoms with Crippen molar-refractivity contribution in [3.8, 4) is 24.3 Å². The monoisotopic (exact) mass is 1510 g/mol. The first-order valence-electron chi connectivity index (χ1n) is 37.4. The molecule has 20 rings (SSSR count). The van der Waals surface area contributed by atoms with E-state index < -0.39 is 0 Å². The summed E-state index contributed by atoms with van der Waals surface area (Å²) in [7, 11) is 7.91. The van der Waals surface area contributed by atoms with Gasteiger partial charge in [0.2, 0.25) is 11.4 Å². The van der Waals surface area contributed by atoms with Gasteiger partial charge in [-0.1, -0.05) is 60.7 Å². The molecule has 0 N–H and O–H groups in total. The van der Waals surface area contributed by atoms with Crippen molar-refractivity contribution in [1.82, 2.24) is 9.97 Å². The molecule has 560 valence electrons. The van der Waals surface area contributed by atoms with Crippen molar-refractivity contribution in [2.24, 2.45) is 0 Å². The van der Waals surface area contributed by atoms with Crippen LogP contribution in [0, 0.1) is 99.3 Å². The third kappa shape index (κ3) is 11.3. The lowest BCUT2D eigenvalue weighted by Gasteiger charge is -2.29. The molecule has 0 radical (unpaired) electrons. The van der Waals surface area contributed by atoms with Gasteiger partial charge in [-0.05, 0) is 175 Å². The van der Waals surface area contributed by atoms with Crippen molar-refractivity contribution < 1.29 is 17.7 Å². The zero-order valence-corrected chi connectivity index (χ0v) is 65.3. The topological polar surface area (TPSA) is 217 Å². The number of nitrogens with zero attached hydrogens (tertiary/aromatic N) is 18. The second-order valence-corrected chi connectivity index (χ2v) is 29.4. The van der Waals surface area contributed by atoms with Crippen LogP contribution in [0.5, 0.6) is 0 Å². The van der Waals surface area contributed by atoms with Crippen LogP contribution < -0.4 is 39.2 Å². The van der Waals surface area contributed by atoms with Crippen LogP contribution in [0.4, 0.5) is 91.0 Å². The standard InChI is InChI=1S/2C24H18N4O.2C23H17N5O/c1-14-9-19-18-7-5-6-8-22(18)29-23(19)12-20(14)28-15(2)27(4)24-16(13-25)10-17(26-3)11-21(24)28;1-14-9-10-19-18-7-5-6-8-21(18)29-24(19)22(14)28-15(2)27(4)23-16(13-25)11-17(26-3)12-20(23)28;1-13-7-8-17-18-6-5-9-26-23(18)29-22(17)20(13)28-14(2)27(4)21-15(12-24)10-16(25-3)11-19(21)28;1-13-8-18-17-6-5-7-26-23(17)29-21(18)11-19(13)28-14(2)27(4)22-15(12-24)9-16(25-3)10-20(22)28/h2*5-12,15H,1-2,4H3;2*5-11,14H,1-2,4H3/t2*15-;2*14-/m0000/s1. The minimum atomic E-state index is -0.0523. The summed E-state index contributed by atoms with van der Waals surface area (Å²) in [5.41, 5.74) is 25.1. The van der Waals surface area contributed by atoms with E-state index in [1.54, 1.807) is 36.7 Å². The molecule has 4 aliphatic heterocycles. The molecule has 4 aliphatic rings. The van der Waals surface area contributed by atoms with Gasteiger partial charge in [-0.3, -0.25) is 0 Å². The van der Waals surface area contributed by atoms with Crippen molar-refractivity contribution in [3.05, 3.63) is 272 Å². The first kappa shape index (κ1) is 72.9. The zero-order chi connectivity index (χ0) is 81.1. The van der Waals surface area contributed by atoms with E-state index in [9.17, 15) is 21.0 Å². The smallest absolute Gasteiger partial charge is 0.227 e. The number of aromatic nitrogens is 2. The average molecular weight is 1520 g/mol. The molecule has 10 aromatic carbocycles. The van der Waals surface area contributed by atoms with E-state index in [4.69, 9.17) is 44.0 Å². The molecule has 0 aliphatic carbocycles. The van der Waals surface area contributed by atoms with Crippen molar-refractivity contribution in [2.45, 2.75) is 80.1 Å². The molecule has 4 atom stereocenters. The van der Waals surface area contributed by atoms with E-state index in [0.717, 1.165) is 167 Å². The Morgan fingerprint density at radius 2 is 0.638 bits per heavy atom. The quantitative estimate of drug-likeness (QED) is 0.150. The first-order valence-corrected chi connectivity index (χ1v) is 37.4. The van der Waals surface area contributed by atoms with Crippen LogP contribution in [0.3, 0.4) is 0 Å². The molecule has 0 bridgehead atoms. The lowest BCUT2D eigenvalue weighted by molar-refractivity contribution is 0.648. The van der Waals surface area contributed by atoms with Gasteiger partial charge in [-0.2, -0.15) is 21.0 Å². The molecule has 22 heteroatoms. The molecule has 0 amide bonds. The molecule has 0 fully saturated rings. The molecule has 116 heavy (non-hydrogen) atoms. The lowest BCUT2D eigenvalue weighted by Crippen LogP contribution is -2.36. The maximum absolute atomic E-state index is 9.69. The van der Waals surface area contributed by atoms with Gasteiger partial charge in [-0.15, -0.1) is 0 Å². The van der Waals surface area contributed by atoms with Gasteiger partial charge in [0.1, 0.15) is 71.3 Å². The highest BCUT2D eigenvalue weighted by molar-refractivity contribution is 6.13. The second-order valence-electron chi connectivity index (χ2n) is 29.4. The first-order chi connectivity index (χ1) is 56.1. The lowest BCUT2D eigenvalue weighted by atomic mass is 10.1. The SMILES string of the molecule is [C-]#[N+]c1cc(C#N)c2c(c1)N(c1c(C)ccc3c1oc1ccccc13)[C@@H](C)N2C.[C-]#[N+]c1cc(C#N)c2c(c1)N(c1c(C)ccc3c1oc1ncccc13)[C@@H](C)N2C.[C-]#[N+]c1cc(C#N)c2c(c1)N(c1cc3oc4ccccc4c3cc1C)[C@@H](C)N2C.[C-]#[N+]c1cc(C#N)c2c(c1)N(c1cc3oc4ncccc4c3cc1C)[C@@H](C)N2C. The van der Waals surface area contributed by atoms with Gasteiger partial charge in [0.15, 0.2) is 33.9 Å². The Morgan fingerprint density at radius 1 is 0.310 bits per heavy atom. The van der Waals surface area contributed by atoms with Crippen LogP contribution in [0.2, 0.25) is 0 Å². The highest BCUT2D eigenvalue weighted by Gasteiger charge is 2.41. The van der Waals surface area contributed by atoms with Crippen LogP contribution in [0.1, 0.15) is 72.2 Å². The van der Waals surface area contributed by atoms with E-state index in [1.807, 2.05) is 126 Å². The predicted molar refractivity (Wildman–Crippen MR) is 459 cm³/mol. The van der Waals surface area contributed by atoms with Gasteiger partial charge in [0.05, 0.1) is 105 Å². The summed E-state index contributed by atoms with van der Waals surface area (Å²) in [5.74, 6) is 0. The zero-order valence-electron chi connectivity index (χ0n) is 65.3. The summed E-state index contributed by atoms with van der Waals surface area (Å²) in [6, 6.07) is 63.7. The number of nitriles is 4. The number of fused-ring (bicyclic) bond motifs is 16. The average Bonchev–Trinajstić information content (AvgIpc) is 1.57. The fraction of sp³-hybridized carbons (Fsp3) is 0.170. The van der Waals surface area contributed by atoms with Gasteiger partial charge in [-0.25, -0.2) is 29.3 Å². The van der Waals surface area contributed by atoms with E-state index in [-0.39, 0.29) is 24.7 Å². The minimum absolute atomic E-state index is 0.00129. The summed E-state index contributed by atoms with van der Waals surface area (Å²) in [4.78, 5) is 40.0. The maximum atomic E-state index is 9.69. The van der Waals surface area contributed by atoms with Crippen LogP contribution in [0.25, 0.3) is 107 Å². The highest BCUT2D eigenvalue weighted by atomic mass is 16.3. The molecular formula is C94H70N18O4. The number of benzene rings is 10. The third-order valence-corrected chi connectivity index (χ3v) is 23.1. The minimum Gasteiger partial charge on any atom is -0.456 e. The molecule has 16 aromatic rings. The van der Waals surface area contributed by atoms with Crippen LogP contribution in [-0.2, 0) is 0 Å². The Morgan fingerprint density at radius 3 is 1.05 bits per heavy atom. The summed E-state index contributed by atoms with van der Waals surface area (Å²) in [6.07, 6.45) is 3.34. The number of para-hydroxylation sites is 2. The normalized spacial score (nSPS) is 15.6. The fourth-order valence-corrected chi connectivity index (χ4v) is 17.1. The number of hydrogen-bond acceptors (Lipinski definition) is 18. The number of anilines is 12. The molecule has 0 spiro atoms. The van der Waals surface area contributed by atoms with Crippen molar-refractivity contribution >= 4 is 179 Å². The number of aryl methyl sites for hydroxylation is 4. The highest BCUT2D eigenvalue weighted by Crippen LogP contribution is 2.55.